The second kappa shape index (κ2) is 7.08. The van der Waals surface area contributed by atoms with Gasteiger partial charge in [0.25, 0.3) is 5.91 Å². The van der Waals surface area contributed by atoms with Crippen LogP contribution in [-0.2, 0) is 6.54 Å². The van der Waals surface area contributed by atoms with E-state index >= 15 is 0 Å². The minimum absolute atomic E-state index is 0.121. The topological polar surface area (TPSA) is 81.9 Å². The lowest BCUT2D eigenvalue weighted by Gasteiger charge is -2.05. The predicted octanol–water partition coefficient (Wildman–Crippen LogP) is 2.43. The lowest BCUT2D eigenvalue weighted by molar-refractivity contribution is 0.102. The number of benzene rings is 1. The zero-order valence-corrected chi connectivity index (χ0v) is 13.7. The largest absolute Gasteiger partial charge is 0.467 e. The minimum Gasteiger partial charge on any atom is -0.467 e. The Bertz CT molecular complexity index is 910. The molecule has 0 aliphatic carbocycles. The molecular weight excluding hydrogens is 325 g/mol. The van der Waals surface area contributed by atoms with Crippen LogP contribution in [0.2, 0.25) is 0 Å². The lowest BCUT2D eigenvalue weighted by atomic mass is 10.2. The number of nitrogens with zero attached hydrogens (tertiary/aromatic N) is 4. The van der Waals surface area contributed by atoms with Crippen LogP contribution in [0.4, 0.5) is 10.2 Å². The van der Waals surface area contributed by atoms with E-state index in [2.05, 4.69) is 20.4 Å². The number of halogens is 1. The van der Waals surface area contributed by atoms with Crippen molar-refractivity contribution in [3.63, 3.8) is 0 Å². The van der Waals surface area contributed by atoms with E-state index < -0.39 is 5.91 Å². The van der Waals surface area contributed by atoms with Crippen molar-refractivity contribution in [1.29, 1.82) is 0 Å². The normalized spacial score (nSPS) is 10.5. The number of aryl methyl sites for hydroxylation is 1. The maximum Gasteiger partial charge on any atom is 0.317 e. The van der Waals surface area contributed by atoms with Crippen molar-refractivity contribution >= 4 is 11.7 Å². The molecule has 1 aromatic carbocycles. The highest BCUT2D eigenvalue weighted by molar-refractivity contribution is 6.02. The van der Waals surface area contributed by atoms with Crippen molar-refractivity contribution in [2.75, 3.05) is 12.4 Å². The molecule has 8 heteroatoms. The summed E-state index contributed by atoms with van der Waals surface area (Å²) < 4.78 is 20.2. The van der Waals surface area contributed by atoms with Crippen LogP contribution in [0.3, 0.4) is 0 Å². The van der Waals surface area contributed by atoms with E-state index in [1.807, 2.05) is 0 Å². The van der Waals surface area contributed by atoms with Gasteiger partial charge in [0, 0.05) is 23.5 Å². The Hall–Kier alpha value is -3.29. The van der Waals surface area contributed by atoms with Gasteiger partial charge in [-0.05, 0) is 19.1 Å². The summed E-state index contributed by atoms with van der Waals surface area (Å²) in [5.74, 6) is -0.386. The number of hydrogen-bond acceptors (Lipinski definition) is 5. The number of rotatable bonds is 5. The van der Waals surface area contributed by atoms with Crippen LogP contribution in [0.5, 0.6) is 6.01 Å². The Morgan fingerprint density at radius 1 is 1.28 bits per heavy atom. The maximum absolute atomic E-state index is 13.7. The highest BCUT2D eigenvalue weighted by atomic mass is 19.1. The first kappa shape index (κ1) is 16.6. The fourth-order valence-electron chi connectivity index (χ4n) is 2.25. The van der Waals surface area contributed by atoms with Gasteiger partial charge < -0.3 is 10.1 Å². The minimum atomic E-state index is -0.431. The van der Waals surface area contributed by atoms with Gasteiger partial charge in [0.1, 0.15) is 11.5 Å². The van der Waals surface area contributed by atoms with Gasteiger partial charge in [-0.2, -0.15) is 10.1 Å². The summed E-state index contributed by atoms with van der Waals surface area (Å²) in [6.45, 7) is 2.01. The molecule has 3 aromatic rings. The second-order valence-corrected chi connectivity index (χ2v) is 5.33. The lowest BCUT2D eigenvalue weighted by Crippen LogP contribution is -2.15. The van der Waals surface area contributed by atoms with E-state index in [9.17, 15) is 9.18 Å². The quantitative estimate of drug-likeness (QED) is 0.771. The summed E-state index contributed by atoms with van der Waals surface area (Å²) in [7, 11) is 1.43. The van der Waals surface area contributed by atoms with Crippen LogP contribution in [-0.4, -0.2) is 32.8 Å². The van der Waals surface area contributed by atoms with E-state index in [0.717, 1.165) is 0 Å². The number of nitrogens with one attached hydrogen (secondary N) is 1. The molecule has 0 fully saturated rings. The Morgan fingerprint density at radius 2 is 2.08 bits per heavy atom. The Morgan fingerprint density at radius 3 is 2.84 bits per heavy atom. The molecule has 0 atom stereocenters. The number of methoxy groups -OCH3 is 1. The number of carbonyl (C=O) groups is 1. The molecule has 25 heavy (non-hydrogen) atoms. The van der Waals surface area contributed by atoms with Crippen LogP contribution in [0, 0.1) is 12.7 Å². The first-order valence-electron chi connectivity index (χ1n) is 7.53. The van der Waals surface area contributed by atoms with Gasteiger partial charge in [-0.15, -0.1) is 0 Å². The number of hydrogen-bond donors (Lipinski definition) is 1. The van der Waals surface area contributed by atoms with E-state index in [1.165, 1.54) is 13.2 Å². The molecule has 0 unspecified atom stereocenters. The average Bonchev–Trinajstić information content (AvgIpc) is 3.03. The Balaban J connectivity index is 1.72. The zero-order chi connectivity index (χ0) is 17.8. The Labute approximate surface area is 143 Å². The number of amides is 1. The molecule has 0 aliphatic rings. The summed E-state index contributed by atoms with van der Waals surface area (Å²) in [6, 6.07) is 9.77. The summed E-state index contributed by atoms with van der Waals surface area (Å²) in [5.41, 5.74) is 1.30. The summed E-state index contributed by atoms with van der Waals surface area (Å²) in [5, 5.41) is 6.87. The summed E-state index contributed by atoms with van der Waals surface area (Å²) in [6.07, 6.45) is 1.66. The molecule has 0 saturated carbocycles. The van der Waals surface area contributed by atoms with Crippen LogP contribution in [0.15, 0.2) is 42.6 Å². The van der Waals surface area contributed by atoms with Gasteiger partial charge >= 0.3 is 6.01 Å². The summed E-state index contributed by atoms with van der Waals surface area (Å²) >= 11 is 0. The fourth-order valence-corrected chi connectivity index (χ4v) is 2.25. The van der Waals surface area contributed by atoms with Gasteiger partial charge in [0.05, 0.1) is 13.7 Å². The molecule has 128 valence electrons. The second-order valence-electron chi connectivity index (χ2n) is 5.33. The van der Waals surface area contributed by atoms with Gasteiger partial charge in [-0.25, -0.2) is 9.37 Å². The van der Waals surface area contributed by atoms with Crippen molar-refractivity contribution in [3.8, 4) is 6.01 Å². The molecule has 0 bridgehead atoms. The van der Waals surface area contributed by atoms with Crippen molar-refractivity contribution in [1.82, 2.24) is 19.7 Å². The van der Waals surface area contributed by atoms with Crippen LogP contribution >= 0.6 is 0 Å². The maximum atomic E-state index is 13.7. The van der Waals surface area contributed by atoms with Gasteiger partial charge in [0.2, 0.25) is 0 Å². The number of anilines is 1. The average molecular weight is 341 g/mol. The van der Waals surface area contributed by atoms with Crippen LogP contribution < -0.4 is 10.1 Å². The molecule has 7 nitrogen and oxygen atoms in total. The third kappa shape index (κ3) is 3.97. The molecule has 1 N–H and O–H groups in total. The molecule has 0 spiro atoms. The third-order valence-electron chi connectivity index (χ3n) is 3.42. The molecule has 2 heterocycles. The van der Waals surface area contributed by atoms with E-state index in [-0.39, 0.29) is 24.1 Å². The van der Waals surface area contributed by atoms with Gasteiger partial charge in [-0.1, -0.05) is 18.2 Å². The molecule has 2 aromatic heterocycles. The van der Waals surface area contributed by atoms with Crippen molar-refractivity contribution in [2.24, 2.45) is 0 Å². The highest BCUT2D eigenvalue weighted by Gasteiger charge is 2.13. The monoisotopic (exact) mass is 341 g/mol. The van der Waals surface area contributed by atoms with E-state index in [1.54, 1.807) is 48.1 Å². The standard InChI is InChI=1S/C17H16FN5O2/c1-11-9-14(20-17(19-11)25-2)16(24)21-15-7-8-23(22-15)10-12-5-3-4-6-13(12)18/h3-9H,10H2,1-2H3,(H,21,22,24). The number of ether oxygens (including phenoxy) is 1. The summed E-state index contributed by atoms with van der Waals surface area (Å²) in [4.78, 5) is 20.3. The smallest absolute Gasteiger partial charge is 0.317 e. The van der Waals surface area contributed by atoms with Crippen molar-refractivity contribution in [3.05, 3.63) is 65.4 Å². The van der Waals surface area contributed by atoms with E-state index in [4.69, 9.17) is 4.74 Å². The Kier molecular flexibility index (Phi) is 4.69. The SMILES string of the molecule is COc1nc(C)cc(C(=O)Nc2ccn(Cc3ccccc3F)n2)n1. The molecule has 0 radical (unpaired) electrons. The first-order chi connectivity index (χ1) is 12.0. The van der Waals surface area contributed by atoms with E-state index in [0.29, 0.717) is 17.1 Å². The molecule has 1 amide bonds. The molecule has 3 rings (SSSR count). The molecule has 0 aliphatic heterocycles. The van der Waals surface area contributed by atoms with Crippen molar-refractivity contribution < 1.29 is 13.9 Å². The number of carbonyl (C=O) groups excluding carboxylic acids is 1. The zero-order valence-electron chi connectivity index (χ0n) is 13.7. The van der Waals surface area contributed by atoms with Crippen LogP contribution in [0.1, 0.15) is 21.7 Å². The molecule has 0 saturated heterocycles. The molecular formula is C17H16FN5O2. The number of aromatic nitrogens is 4. The predicted molar refractivity (Wildman–Crippen MR) is 89.0 cm³/mol. The van der Waals surface area contributed by atoms with Gasteiger partial charge in [0.15, 0.2) is 5.82 Å². The highest BCUT2D eigenvalue weighted by Crippen LogP contribution is 2.12. The van der Waals surface area contributed by atoms with Crippen molar-refractivity contribution in [2.45, 2.75) is 13.5 Å². The first-order valence-corrected chi connectivity index (χ1v) is 7.53. The fraction of sp³-hybridized carbons (Fsp3) is 0.176. The van der Waals surface area contributed by atoms with Gasteiger partial charge in [-0.3, -0.25) is 9.48 Å². The third-order valence-corrected chi connectivity index (χ3v) is 3.42. The van der Waals surface area contributed by atoms with Crippen LogP contribution in [0.25, 0.3) is 0 Å².